The van der Waals surface area contributed by atoms with E-state index in [1.807, 2.05) is 31.2 Å². The Bertz CT molecular complexity index is 873. The second-order valence-corrected chi connectivity index (χ2v) is 8.84. The van der Waals surface area contributed by atoms with E-state index >= 15 is 0 Å². The van der Waals surface area contributed by atoms with Crippen LogP contribution in [0, 0.1) is 5.92 Å². The fraction of sp³-hybridized carbons (Fsp3) is 0.476. The van der Waals surface area contributed by atoms with Gasteiger partial charge in [-0.3, -0.25) is 9.59 Å². The highest BCUT2D eigenvalue weighted by Crippen LogP contribution is 2.40. The number of hydrogen-bond acceptors (Lipinski definition) is 5. The third-order valence-corrected chi connectivity index (χ3v) is 6.39. The highest BCUT2D eigenvalue weighted by atomic mass is 32.2. The molecule has 1 aromatic rings. The van der Waals surface area contributed by atoms with Gasteiger partial charge in [0.05, 0.1) is 17.3 Å². The van der Waals surface area contributed by atoms with Gasteiger partial charge in [0.2, 0.25) is 5.91 Å². The standard InChI is InChI=1S/C21H26N4O2S/c1-13-17(20(27)24(2)3)18(25-10-5-11-28-21(25)22-13)15-6-4-7-16(12-15)23-19(26)14-8-9-14/h4,6-7,12,14,18H,5,8-11H2,1-3H3,(H,23,26). The van der Waals surface area contributed by atoms with Crippen molar-refractivity contribution in [1.82, 2.24) is 9.80 Å². The molecular weight excluding hydrogens is 372 g/mol. The molecule has 0 aromatic heterocycles. The maximum atomic E-state index is 13.0. The Labute approximate surface area is 170 Å². The van der Waals surface area contributed by atoms with E-state index < -0.39 is 0 Å². The zero-order valence-corrected chi connectivity index (χ0v) is 17.4. The Hall–Kier alpha value is -2.28. The number of allylic oxidation sites excluding steroid dienone is 1. The molecule has 1 unspecified atom stereocenters. The molecule has 1 saturated carbocycles. The number of benzene rings is 1. The number of amidine groups is 1. The Kier molecular flexibility index (Phi) is 5.19. The summed E-state index contributed by atoms with van der Waals surface area (Å²) in [6.07, 6.45) is 3.01. The van der Waals surface area contributed by atoms with E-state index in [9.17, 15) is 9.59 Å². The maximum absolute atomic E-state index is 13.0. The van der Waals surface area contributed by atoms with Crippen LogP contribution in [0.2, 0.25) is 0 Å². The van der Waals surface area contributed by atoms with Gasteiger partial charge in [-0.25, -0.2) is 4.99 Å². The van der Waals surface area contributed by atoms with E-state index in [4.69, 9.17) is 4.99 Å². The van der Waals surface area contributed by atoms with Gasteiger partial charge >= 0.3 is 0 Å². The van der Waals surface area contributed by atoms with Crippen molar-refractivity contribution >= 4 is 34.4 Å². The van der Waals surface area contributed by atoms with Gasteiger partial charge in [-0.1, -0.05) is 23.9 Å². The van der Waals surface area contributed by atoms with Gasteiger partial charge in [0.15, 0.2) is 5.17 Å². The van der Waals surface area contributed by atoms with E-state index in [0.717, 1.165) is 53.7 Å². The predicted molar refractivity (Wildman–Crippen MR) is 113 cm³/mol. The molecule has 1 atom stereocenters. The molecule has 1 N–H and O–H groups in total. The number of anilines is 1. The summed E-state index contributed by atoms with van der Waals surface area (Å²) in [4.78, 5) is 33.8. The first-order valence-corrected chi connectivity index (χ1v) is 10.8. The van der Waals surface area contributed by atoms with Crippen LogP contribution < -0.4 is 5.32 Å². The van der Waals surface area contributed by atoms with E-state index in [2.05, 4.69) is 10.2 Å². The van der Waals surface area contributed by atoms with Crippen molar-refractivity contribution in [2.24, 2.45) is 10.9 Å². The van der Waals surface area contributed by atoms with Crippen LogP contribution in [0.1, 0.15) is 37.8 Å². The number of carbonyl (C=O) groups is 2. The van der Waals surface area contributed by atoms with Crippen molar-refractivity contribution in [2.45, 2.75) is 32.2 Å². The van der Waals surface area contributed by atoms with Gasteiger partial charge in [-0.2, -0.15) is 0 Å². The number of hydrogen-bond donors (Lipinski definition) is 1. The molecule has 2 aliphatic heterocycles. The van der Waals surface area contributed by atoms with Crippen LogP contribution in [-0.2, 0) is 9.59 Å². The first kappa shape index (κ1) is 19.1. The van der Waals surface area contributed by atoms with Crippen LogP contribution in [0.4, 0.5) is 5.69 Å². The summed E-state index contributed by atoms with van der Waals surface area (Å²) in [5, 5.41) is 4.01. The Balaban J connectivity index is 1.73. The summed E-state index contributed by atoms with van der Waals surface area (Å²) in [7, 11) is 3.55. The van der Waals surface area contributed by atoms with Crippen LogP contribution in [0.3, 0.4) is 0 Å². The van der Waals surface area contributed by atoms with Crippen molar-refractivity contribution in [3.05, 3.63) is 41.1 Å². The number of thioether (sulfide) groups is 1. The van der Waals surface area contributed by atoms with Crippen molar-refractivity contribution in [1.29, 1.82) is 0 Å². The van der Waals surface area contributed by atoms with Crippen molar-refractivity contribution in [3.8, 4) is 0 Å². The van der Waals surface area contributed by atoms with Crippen LogP contribution in [0.25, 0.3) is 0 Å². The van der Waals surface area contributed by atoms with Crippen LogP contribution in [0.15, 0.2) is 40.5 Å². The lowest BCUT2D eigenvalue weighted by molar-refractivity contribution is -0.125. The van der Waals surface area contributed by atoms with Crippen LogP contribution >= 0.6 is 11.8 Å². The summed E-state index contributed by atoms with van der Waals surface area (Å²) < 4.78 is 0. The van der Waals surface area contributed by atoms with E-state index in [-0.39, 0.29) is 23.8 Å². The average molecular weight is 399 g/mol. The molecule has 2 fully saturated rings. The summed E-state index contributed by atoms with van der Waals surface area (Å²) in [6, 6.07) is 7.72. The quantitative estimate of drug-likeness (QED) is 0.846. The molecule has 1 aromatic carbocycles. The predicted octanol–water partition coefficient (Wildman–Crippen LogP) is 3.25. The molecule has 1 saturated heterocycles. The molecule has 1 aliphatic carbocycles. The molecule has 6 nitrogen and oxygen atoms in total. The van der Waals surface area contributed by atoms with Gasteiger partial charge < -0.3 is 15.1 Å². The first-order valence-electron chi connectivity index (χ1n) is 9.77. The molecule has 3 aliphatic rings. The zero-order valence-electron chi connectivity index (χ0n) is 16.6. The van der Waals surface area contributed by atoms with Crippen molar-refractivity contribution in [2.75, 3.05) is 31.7 Å². The molecule has 148 valence electrons. The number of amides is 2. The van der Waals surface area contributed by atoms with E-state index in [0.29, 0.717) is 5.57 Å². The highest BCUT2D eigenvalue weighted by Gasteiger charge is 2.38. The number of fused-ring (bicyclic) bond motifs is 1. The number of nitrogens with one attached hydrogen (secondary N) is 1. The fourth-order valence-electron chi connectivity index (χ4n) is 3.71. The summed E-state index contributed by atoms with van der Waals surface area (Å²) in [5.41, 5.74) is 3.28. The first-order chi connectivity index (χ1) is 13.5. The minimum atomic E-state index is -0.187. The molecule has 4 rings (SSSR count). The number of nitrogens with zero attached hydrogens (tertiary/aromatic N) is 3. The van der Waals surface area contributed by atoms with Gasteiger partial charge in [0.1, 0.15) is 0 Å². The Morgan fingerprint density at radius 1 is 1.29 bits per heavy atom. The zero-order chi connectivity index (χ0) is 19.8. The SMILES string of the molecule is CC1=C(C(=O)N(C)C)C(c2cccc(NC(=O)C3CC3)c2)N2CCCSC2=N1. The third-order valence-electron chi connectivity index (χ3n) is 5.31. The van der Waals surface area contributed by atoms with Gasteiger partial charge in [0.25, 0.3) is 5.91 Å². The molecule has 28 heavy (non-hydrogen) atoms. The average Bonchev–Trinajstić information content (AvgIpc) is 3.52. The van der Waals surface area contributed by atoms with Crippen molar-refractivity contribution < 1.29 is 9.59 Å². The van der Waals surface area contributed by atoms with E-state index in [1.54, 1.807) is 30.8 Å². The molecule has 7 heteroatoms. The number of likely N-dealkylation sites (N-methyl/N-ethyl adjacent to an activating group) is 1. The molecular formula is C21H26N4O2S. The summed E-state index contributed by atoms with van der Waals surface area (Å²) in [6.45, 7) is 2.79. The van der Waals surface area contributed by atoms with Crippen molar-refractivity contribution in [3.63, 3.8) is 0 Å². The monoisotopic (exact) mass is 398 g/mol. The number of carbonyl (C=O) groups excluding carboxylic acids is 2. The number of rotatable bonds is 4. The minimum absolute atomic E-state index is 0.0201. The topological polar surface area (TPSA) is 65.0 Å². The summed E-state index contributed by atoms with van der Waals surface area (Å²) >= 11 is 1.75. The number of aliphatic imine (C=N–C) groups is 1. The molecule has 2 heterocycles. The third kappa shape index (κ3) is 3.68. The summed E-state index contributed by atoms with van der Waals surface area (Å²) in [5.74, 6) is 1.27. The largest absolute Gasteiger partial charge is 0.345 e. The van der Waals surface area contributed by atoms with Gasteiger partial charge in [-0.15, -0.1) is 0 Å². The molecule has 0 spiro atoms. The van der Waals surface area contributed by atoms with Gasteiger partial charge in [0, 0.05) is 38.0 Å². The second kappa shape index (κ2) is 7.62. The lowest BCUT2D eigenvalue weighted by Crippen LogP contribution is -2.43. The van der Waals surface area contributed by atoms with Gasteiger partial charge in [-0.05, 0) is 43.9 Å². The Morgan fingerprint density at radius 2 is 2.07 bits per heavy atom. The smallest absolute Gasteiger partial charge is 0.253 e. The second-order valence-electron chi connectivity index (χ2n) is 7.78. The molecule has 0 bridgehead atoms. The van der Waals surface area contributed by atoms with Crippen LogP contribution in [0.5, 0.6) is 0 Å². The van der Waals surface area contributed by atoms with E-state index in [1.165, 1.54) is 0 Å². The lowest BCUT2D eigenvalue weighted by Gasteiger charge is -2.41. The fourth-order valence-corrected chi connectivity index (χ4v) is 4.73. The molecule has 2 amide bonds. The highest BCUT2D eigenvalue weighted by molar-refractivity contribution is 8.13. The minimum Gasteiger partial charge on any atom is -0.345 e. The van der Waals surface area contributed by atoms with Crippen LogP contribution in [-0.4, -0.2) is 53.2 Å². The normalized spacial score (nSPS) is 21.8. The molecule has 0 radical (unpaired) electrons. The Morgan fingerprint density at radius 3 is 2.79 bits per heavy atom. The lowest BCUT2D eigenvalue weighted by atomic mass is 9.93. The maximum Gasteiger partial charge on any atom is 0.253 e.